The zero-order chi connectivity index (χ0) is 17.4. The van der Waals surface area contributed by atoms with Crippen molar-refractivity contribution in [3.8, 4) is 11.6 Å². The van der Waals surface area contributed by atoms with Crippen molar-refractivity contribution in [2.24, 2.45) is 7.05 Å². The average molecular weight is 400 g/mol. The Kier molecular flexibility index (Phi) is 4.21. The van der Waals surface area contributed by atoms with Crippen molar-refractivity contribution in [3.63, 3.8) is 0 Å². The van der Waals surface area contributed by atoms with Gasteiger partial charge in [-0.2, -0.15) is 0 Å². The fraction of sp³-hybridized carbons (Fsp3) is 0.263. The predicted octanol–water partition coefficient (Wildman–Crippen LogP) is 4.36. The van der Waals surface area contributed by atoms with Gasteiger partial charge in [0.25, 0.3) is 5.91 Å². The van der Waals surface area contributed by atoms with Gasteiger partial charge in [-0.25, -0.2) is 4.98 Å². The molecule has 1 aliphatic rings. The number of rotatable bonds is 3. The lowest BCUT2D eigenvalue weighted by Crippen LogP contribution is -2.28. The topological polar surface area (TPSA) is 47.4 Å². The molecule has 1 aliphatic heterocycles. The quantitative estimate of drug-likeness (QED) is 0.656. The summed E-state index contributed by atoms with van der Waals surface area (Å²) < 4.78 is 8.86. The third-order valence-electron chi connectivity index (χ3n) is 4.50. The summed E-state index contributed by atoms with van der Waals surface area (Å²) in [5.74, 6) is 1.25. The van der Waals surface area contributed by atoms with Gasteiger partial charge in [0, 0.05) is 37.0 Å². The number of carbonyl (C=O) groups excluding carboxylic acids is 1. The molecule has 25 heavy (non-hydrogen) atoms. The molecule has 0 bridgehead atoms. The normalized spacial score (nSPS) is 14.2. The fourth-order valence-corrected chi connectivity index (χ4v) is 3.64. The summed E-state index contributed by atoms with van der Waals surface area (Å²) in [7, 11) is 1.94. The van der Waals surface area contributed by atoms with Crippen LogP contribution in [0.1, 0.15) is 23.2 Å². The summed E-state index contributed by atoms with van der Waals surface area (Å²) in [5, 5.41) is 0.840. The summed E-state index contributed by atoms with van der Waals surface area (Å²) in [4.78, 5) is 19.2. The lowest BCUT2D eigenvalue weighted by atomic mass is 10.2. The van der Waals surface area contributed by atoms with E-state index in [0.29, 0.717) is 17.2 Å². The van der Waals surface area contributed by atoms with Crippen molar-refractivity contribution in [1.82, 2.24) is 14.5 Å². The Balaban J connectivity index is 1.76. The first-order chi connectivity index (χ1) is 12.1. The Morgan fingerprint density at radius 1 is 1.24 bits per heavy atom. The molecule has 0 saturated carbocycles. The van der Waals surface area contributed by atoms with Crippen molar-refractivity contribution in [3.05, 3.63) is 52.8 Å². The molecule has 6 heteroatoms. The van der Waals surface area contributed by atoms with Crippen LogP contribution in [0.3, 0.4) is 0 Å². The van der Waals surface area contributed by atoms with E-state index in [1.54, 1.807) is 6.20 Å². The maximum atomic E-state index is 12.9. The molecule has 3 aromatic rings. The molecule has 5 nitrogen and oxygen atoms in total. The molecule has 1 amide bonds. The molecule has 1 aromatic carbocycles. The first kappa shape index (κ1) is 16.1. The summed E-state index contributed by atoms with van der Waals surface area (Å²) in [6.07, 6.45) is 5.70. The van der Waals surface area contributed by atoms with Gasteiger partial charge in [0.05, 0.1) is 16.5 Å². The smallest absolute Gasteiger partial charge is 0.257 e. The van der Waals surface area contributed by atoms with Crippen LogP contribution in [-0.2, 0) is 7.05 Å². The number of hydrogen-bond donors (Lipinski definition) is 0. The van der Waals surface area contributed by atoms with Gasteiger partial charge in [-0.3, -0.25) is 4.79 Å². The lowest BCUT2D eigenvalue weighted by Gasteiger charge is -2.17. The van der Waals surface area contributed by atoms with Crippen LogP contribution in [0.15, 0.2) is 47.2 Å². The van der Waals surface area contributed by atoms with Crippen molar-refractivity contribution >= 4 is 32.7 Å². The largest absolute Gasteiger partial charge is 0.438 e. The monoisotopic (exact) mass is 399 g/mol. The molecule has 0 atom stereocenters. The number of benzene rings is 1. The molecule has 3 heterocycles. The van der Waals surface area contributed by atoms with Gasteiger partial charge in [0.15, 0.2) is 0 Å². The molecule has 4 rings (SSSR count). The molecular formula is C19H18BrN3O2. The summed E-state index contributed by atoms with van der Waals surface area (Å²) >= 11 is 3.44. The van der Waals surface area contributed by atoms with E-state index in [9.17, 15) is 4.79 Å². The molecule has 0 unspecified atom stereocenters. The van der Waals surface area contributed by atoms with Crippen LogP contribution in [0.2, 0.25) is 0 Å². The van der Waals surface area contributed by atoms with Gasteiger partial charge >= 0.3 is 0 Å². The van der Waals surface area contributed by atoms with E-state index in [1.807, 2.05) is 53.0 Å². The molecule has 0 spiro atoms. The van der Waals surface area contributed by atoms with Crippen LogP contribution in [0, 0.1) is 0 Å². The Labute approximate surface area is 154 Å². The number of likely N-dealkylation sites (tertiary alicyclic amines) is 1. The molecular weight excluding hydrogens is 382 g/mol. The Bertz CT molecular complexity index is 945. The highest BCUT2D eigenvalue weighted by molar-refractivity contribution is 9.10. The predicted molar refractivity (Wildman–Crippen MR) is 100 cm³/mol. The van der Waals surface area contributed by atoms with E-state index in [-0.39, 0.29) is 5.91 Å². The summed E-state index contributed by atoms with van der Waals surface area (Å²) in [6.45, 7) is 1.64. The van der Waals surface area contributed by atoms with Crippen molar-refractivity contribution in [2.45, 2.75) is 12.8 Å². The summed E-state index contributed by atoms with van der Waals surface area (Å²) in [6, 6.07) is 9.56. The molecule has 0 N–H and O–H groups in total. The number of aryl methyl sites for hydroxylation is 1. The minimum Gasteiger partial charge on any atom is -0.438 e. The van der Waals surface area contributed by atoms with Crippen LogP contribution in [0.4, 0.5) is 0 Å². The summed E-state index contributed by atoms with van der Waals surface area (Å²) in [5.41, 5.74) is 1.49. The van der Waals surface area contributed by atoms with Gasteiger partial charge in [-0.15, -0.1) is 0 Å². The van der Waals surface area contributed by atoms with E-state index in [0.717, 1.165) is 41.3 Å². The van der Waals surface area contributed by atoms with E-state index in [2.05, 4.69) is 20.9 Å². The zero-order valence-corrected chi connectivity index (χ0v) is 15.5. The molecule has 128 valence electrons. The lowest BCUT2D eigenvalue weighted by molar-refractivity contribution is 0.0794. The number of fused-ring (bicyclic) bond motifs is 1. The molecule has 2 aromatic heterocycles. The van der Waals surface area contributed by atoms with Crippen LogP contribution >= 0.6 is 15.9 Å². The number of hydrogen-bond acceptors (Lipinski definition) is 3. The van der Waals surface area contributed by atoms with E-state index >= 15 is 0 Å². The second kappa shape index (κ2) is 6.52. The number of carbonyl (C=O) groups is 1. The van der Waals surface area contributed by atoms with Crippen LogP contribution < -0.4 is 4.74 Å². The Morgan fingerprint density at radius 3 is 2.80 bits per heavy atom. The molecule has 0 aliphatic carbocycles. The SMILES string of the molecule is Cn1ccc2c(Oc3cccc(Br)c3)ncc(C(=O)N3CCCC3)c21. The maximum Gasteiger partial charge on any atom is 0.257 e. The highest BCUT2D eigenvalue weighted by Gasteiger charge is 2.24. The van der Waals surface area contributed by atoms with E-state index in [1.165, 1.54) is 0 Å². The van der Waals surface area contributed by atoms with Crippen LogP contribution in [0.5, 0.6) is 11.6 Å². The fourth-order valence-electron chi connectivity index (χ4n) is 3.26. The Morgan fingerprint density at radius 2 is 2.04 bits per heavy atom. The van der Waals surface area contributed by atoms with Crippen molar-refractivity contribution < 1.29 is 9.53 Å². The number of pyridine rings is 1. The minimum absolute atomic E-state index is 0.0470. The zero-order valence-electron chi connectivity index (χ0n) is 13.9. The van der Waals surface area contributed by atoms with Crippen LogP contribution in [-0.4, -0.2) is 33.4 Å². The standard InChI is InChI=1S/C19H18BrN3O2/c1-22-10-7-15-17(22)16(19(24)23-8-2-3-9-23)12-21-18(15)25-14-6-4-5-13(20)11-14/h4-7,10-12H,2-3,8-9H2,1H3. The number of ether oxygens (including phenoxy) is 1. The molecule has 1 saturated heterocycles. The third kappa shape index (κ3) is 3.02. The number of halogens is 1. The highest BCUT2D eigenvalue weighted by Crippen LogP contribution is 2.32. The van der Waals surface area contributed by atoms with Crippen LogP contribution in [0.25, 0.3) is 10.9 Å². The second-order valence-electron chi connectivity index (χ2n) is 6.22. The van der Waals surface area contributed by atoms with E-state index < -0.39 is 0 Å². The van der Waals surface area contributed by atoms with Gasteiger partial charge in [-0.1, -0.05) is 22.0 Å². The molecule has 0 radical (unpaired) electrons. The Hall–Kier alpha value is -2.34. The first-order valence-corrected chi connectivity index (χ1v) is 9.09. The molecule has 1 fully saturated rings. The van der Waals surface area contributed by atoms with Gasteiger partial charge in [0.1, 0.15) is 5.75 Å². The highest BCUT2D eigenvalue weighted by atomic mass is 79.9. The first-order valence-electron chi connectivity index (χ1n) is 8.30. The van der Waals surface area contributed by atoms with Gasteiger partial charge in [0.2, 0.25) is 5.88 Å². The average Bonchev–Trinajstić information content (AvgIpc) is 3.25. The number of aromatic nitrogens is 2. The number of nitrogens with zero attached hydrogens (tertiary/aromatic N) is 3. The van der Waals surface area contributed by atoms with Gasteiger partial charge in [-0.05, 0) is 37.1 Å². The third-order valence-corrected chi connectivity index (χ3v) is 5.00. The van der Waals surface area contributed by atoms with Gasteiger partial charge < -0.3 is 14.2 Å². The minimum atomic E-state index is 0.0470. The number of amides is 1. The second-order valence-corrected chi connectivity index (χ2v) is 7.14. The maximum absolute atomic E-state index is 12.9. The van der Waals surface area contributed by atoms with E-state index in [4.69, 9.17) is 4.74 Å². The van der Waals surface area contributed by atoms with Crippen molar-refractivity contribution in [2.75, 3.05) is 13.1 Å². The van der Waals surface area contributed by atoms with Crippen molar-refractivity contribution in [1.29, 1.82) is 0 Å².